The van der Waals surface area contributed by atoms with Crippen LogP contribution in [0.4, 0.5) is 0 Å². The van der Waals surface area contributed by atoms with Crippen molar-refractivity contribution in [1.82, 2.24) is 20.0 Å². The topological polar surface area (TPSA) is 54.7 Å². The minimum atomic E-state index is 0. The van der Waals surface area contributed by atoms with Crippen LogP contribution in [0.5, 0.6) is 0 Å². The number of aliphatic imine (C=N–C) groups is 1. The zero-order valence-electron chi connectivity index (χ0n) is 16.0. The molecule has 0 aromatic carbocycles. The summed E-state index contributed by atoms with van der Waals surface area (Å²) in [5.74, 6) is 1.03. The fraction of sp³-hybridized carbons (Fsp3) is 0.778. The molecule has 0 atom stereocenters. The first-order chi connectivity index (χ1) is 11.6. The highest BCUT2D eigenvalue weighted by atomic mass is 127. The molecule has 1 aromatic rings. The van der Waals surface area contributed by atoms with Gasteiger partial charge in [0.15, 0.2) is 5.96 Å². The number of rotatable bonds is 5. The summed E-state index contributed by atoms with van der Waals surface area (Å²) in [5, 5.41) is 8.19. The van der Waals surface area contributed by atoms with Gasteiger partial charge >= 0.3 is 0 Å². The molecular formula is C18H32IN5O. The highest BCUT2D eigenvalue weighted by Crippen LogP contribution is 2.47. The first-order valence-corrected chi connectivity index (χ1v) is 9.06. The summed E-state index contributed by atoms with van der Waals surface area (Å²) in [6, 6.07) is 0. The number of hydrogen-bond donors (Lipinski definition) is 1. The highest BCUT2D eigenvalue weighted by Gasteiger charge is 2.43. The Morgan fingerprint density at radius 2 is 2.08 bits per heavy atom. The van der Waals surface area contributed by atoms with Crippen LogP contribution < -0.4 is 5.32 Å². The average molecular weight is 461 g/mol. The molecule has 1 N–H and O–H groups in total. The van der Waals surface area contributed by atoms with Crippen LogP contribution in [0.15, 0.2) is 4.99 Å². The van der Waals surface area contributed by atoms with Gasteiger partial charge in [0.25, 0.3) is 0 Å². The molecule has 7 heteroatoms. The van der Waals surface area contributed by atoms with Gasteiger partial charge in [0.05, 0.1) is 18.8 Å². The lowest BCUT2D eigenvalue weighted by Gasteiger charge is -2.38. The molecule has 1 aromatic heterocycles. The van der Waals surface area contributed by atoms with Crippen molar-refractivity contribution in [2.24, 2.45) is 10.4 Å². The van der Waals surface area contributed by atoms with E-state index < -0.39 is 0 Å². The second-order valence-corrected chi connectivity index (χ2v) is 7.29. The number of likely N-dealkylation sites (tertiary alicyclic amines) is 1. The minimum Gasteiger partial charge on any atom is -0.383 e. The summed E-state index contributed by atoms with van der Waals surface area (Å²) in [6.07, 6.45) is 5.51. The predicted octanol–water partition coefficient (Wildman–Crippen LogP) is 2.72. The zero-order valence-corrected chi connectivity index (χ0v) is 18.3. The zero-order chi connectivity index (χ0) is 17.2. The average Bonchev–Trinajstić information content (AvgIpc) is 3.10. The molecule has 6 nitrogen and oxygen atoms in total. The molecule has 2 heterocycles. The van der Waals surface area contributed by atoms with Gasteiger partial charge in [0.2, 0.25) is 0 Å². The first kappa shape index (κ1) is 20.5. The molecule has 0 amide bonds. The third-order valence-electron chi connectivity index (χ3n) is 5.83. The molecule has 1 spiro atoms. The third kappa shape index (κ3) is 4.30. The van der Waals surface area contributed by atoms with Gasteiger partial charge in [-0.15, -0.1) is 24.0 Å². The largest absolute Gasteiger partial charge is 0.383 e. The quantitative estimate of drug-likeness (QED) is 0.416. The lowest BCUT2D eigenvalue weighted by Crippen LogP contribution is -2.42. The van der Waals surface area contributed by atoms with E-state index in [0.29, 0.717) is 12.0 Å². The number of hydrogen-bond acceptors (Lipinski definition) is 3. The van der Waals surface area contributed by atoms with Gasteiger partial charge in [0.1, 0.15) is 0 Å². The van der Waals surface area contributed by atoms with Crippen LogP contribution in [-0.2, 0) is 17.8 Å². The fourth-order valence-electron chi connectivity index (χ4n) is 4.09. The number of methoxy groups -OCH3 is 1. The molecule has 0 bridgehead atoms. The number of nitrogens with one attached hydrogen (secondary N) is 1. The first-order valence-electron chi connectivity index (χ1n) is 9.06. The highest BCUT2D eigenvalue weighted by molar-refractivity contribution is 14.0. The number of aryl methyl sites for hydroxylation is 1. The van der Waals surface area contributed by atoms with Crippen LogP contribution in [0, 0.1) is 19.3 Å². The molecule has 1 aliphatic carbocycles. The molecule has 3 rings (SSSR count). The summed E-state index contributed by atoms with van der Waals surface area (Å²) in [4.78, 5) is 6.94. The molecular weight excluding hydrogens is 429 g/mol. The van der Waals surface area contributed by atoms with E-state index in [2.05, 4.69) is 34.2 Å². The second kappa shape index (κ2) is 8.70. The monoisotopic (exact) mass is 461 g/mol. The maximum absolute atomic E-state index is 5.17. The Morgan fingerprint density at radius 1 is 1.32 bits per heavy atom. The van der Waals surface area contributed by atoms with Crippen molar-refractivity contribution in [3.05, 3.63) is 17.0 Å². The standard InChI is InChI=1S/C18H31N5O.HI/c1-14-16(15(2)23(21-14)10-11-24-4)12-20-17(19-3)22-9-8-18(13-22)6-5-7-18;/h5-13H2,1-4H3,(H,19,20);1H. The van der Waals surface area contributed by atoms with Crippen molar-refractivity contribution in [1.29, 1.82) is 0 Å². The van der Waals surface area contributed by atoms with E-state index >= 15 is 0 Å². The number of halogens is 1. The maximum atomic E-state index is 5.17. The number of nitrogens with zero attached hydrogens (tertiary/aromatic N) is 4. The summed E-state index contributed by atoms with van der Waals surface area (Å²) >= 11 is 0. The van der Waals surface area contributed by atoms with Gasteiger partial charge in [-0.2, -0.15) is 5.10 Å². The van der Waals surface area contributed by atoms with Crippen molar-refractivity contribution < 1.29 is 4.74 Å². The molecule has 25 heavy (non-hydrogen) atoms. The van der Waals surface area contributed by atoms with E-state index in [0.717, 1.165) is 37.8 Å². The van der Waals surface area contributed by atoms with Gasteiger partial charge in [-0.05, 0) is 38.5 Å². The van der Waals surface area contributed by atoms with Gasteiger partial charge in [-0.3, -0.25) is 9.67 Å². The number of ether oxygens (including phenoxy) is 1. The van der Waals surface area contributed by atoms with Gasteiger partial charge in [-0.1, -0.05) is 6.42 Å². The van der Waals surface area contributed by atoms with E-state index in [1.165, 1.54) is 36.9 Å². The normalized spacial score (nSPS) is 19.0. The Morgan fingerprint density at radius 3 is 2.64 bits per heavy atom. The van der Waals surface area contributed by atoms with Gasteiger partial charge in [0, 0.05) is 45.0 Å². The Labute approximate surface area is 168 Å². The van der Waals surface area contributed by atoms with E-state index in [1.54, 1.807) is 7.11 Å². The van der Waals surface area contributed by atoms with Crippen LogP contribution in [0.2, 0.25) is 0 Å². The molecule has 1 saturated carbocycles. The molecule has 1 aliphatic heterocycles. The summed E-state index contributed by atoms with van der Waals surface area (Å²) in [5.41, 5.74) is 4.16. The Hall–Kier alpha value is -0.830. The second-order valence-electron chi connectivity index (χ2n) is 7.29. The SMILES string of the molecule is CN=C(NCc1c(C)nn(CCOC)c1C)N1CCC2(CCC2)C1.I. The van der Waals surface area contributed by atoms with Crippen LogP contribution in [0.1, 0.15) is 42.6 Å². The predicted molar refractivity (Wildman–Crippen MR) is 112 cm³/mol. The third-order valence-corrected chi connectivity index (χ3v) is 5.83. The number of aromatic nitrogens is 2. The van der Waals surface area contributed by atoms with Crippen molar-refractivity contribution in [2.75, 3.05) is 33.9 Å². The van der Waals surface area contributed by atoms with Gasteiger partial charge < -0.3 is 15.0 Å². The minimum absolute atomic E-state index is 0. The maximum Gasteiger partial charge on any atom is 0.193 e. The molecule has 2 fully saturated rings. The van der Waals surface area contributed by atoms with Crippen molar-refractivity contribution in [2.45, 2.75) is 52.6 Å². The van der Waals surface area contributed by atoms with Crippen LogP contribution >= 0.6 is 24.0 Å². The van der Waals surface area contributed by atoms with Gasteiger partial charge in [-0.25, -0.2) is 0 Å². The smallest absolute Gasteiger partial charge is 0.193 e. The Bertz CT molecular complexity index is 609. The van der Waals surface area contributed by atoms with E-state index in [9.17, 15) is 0 Å². The lowest BCUT2D eigenvalue weighted by molar-refractivity contribution is 0.151. The molecule has 1 saturated heterocycles. The van der Waals surface area contributed by atoms with E-state index in [4.69, 9.17) is 4.74 Å². The Kier molecular flexibility index (Phi) is 7.13. The van der Waals surface area contributed by atoms with Crippen LogP contribution in [0.25, 0.3) is 0 Å². The summed E-state index contributed by atoms with van der Waals surface area (Å²) in [6.45, 7) is 8.77. The number of guanidine groups is 1. The van der Waals surface area contributed by atoms with Crippen LogP contribution in [-0.4, -0.2) is 54.5 Å². The van der Waals surface area contributed by atoms with Crippen LogP contribution in [0.3, 0.4) is 0 Å². The lowest BCUT2D eigenvalue weighted by atomic mass is 9.68. The van der Waals surface area contributed by atoms with Crippen molar-refractivity contribution in [3.63, 3.8) is 0 Å². The molecule has 0 radical (unpaired) electrons. The fourth-order valence-corrected chi connectivity index (χ4v) is 4.09. The van der Waals surface area contributed by atoms with Crippen molar-refractivity contribution in [3.8, 4) is 0 Å². The summed E-state index contributed by atoms with van der Waals surface area (Å²) < 4.78 is 7.21. The molecule has 142 valence electrons. The van der Waals surface area contributed by atoms with Crippen molar-refractivity contribution >= 4 is 29.9 Å². The summed E-state index contributed by atoms with van der Waals surface area (Å²) in [7, 11) is 3.61. The van der Waals surface area contributed by atoms with E-state index in [-0.39, 0.29) is 24.0 Å². The Balaban J connectivity index is 0.00000225. The van der Waals surface area contributed by atoms with E-state index in [1.807, 2.05) is 11.7 Å². The molecule has 2 aliphatic rings. The molecule has 0 unspecified atom stereocenters.